The number of benzene rings is 2. The molecule has 0 radical (unpaired) electrons. The lowest BCUT2D eigenvalue weighted by atomic mass is 10.1. The largest absolute Gasteiger partial charge is 0.492 e. The lowest BCUT2D eigenvalue weighted by Crippen LogP contribution is -2.48. The monoisotopic (exact) mass is 367 g/mol. The fraction of sp³-hybridized carbons (Fsp3) is 0.409. The van der Waals surface area contributed by atoms with Crippen molar-refractivity contribution in [2.45, 2.75) is 20.4 Å². The minimum atomic E-state index is 0.00880. The lowest BCUT2D eigenvalue weighted by Gasteiger charge is -2.34. The van der Waals surface area contributed by atoms with E-state index in [1.165, 1.54) is 11.1 Å². The fourth-order valence-electron chi connectivity index (χ4n) is 3.38. The first kappa shape index (κ1) is 19.4. The summed E-state index contributed by atoms with van der Waals surface area (Å²) in [4.78, 5) is 17.1. The minimum Gasteiger partial charge on any atom is -0.492 e. The Labute approximate surface area is 161 Å². The van der Waals surface area contributed by atoms with Gasteiger partial charge in [0.15, 0.2) is 0 Å². The van der Waals surface area contributed by atoms with E-state index in [4.69, 9.17) is 4.74 Å². The molecule has 1 heterocycles. The number of nitrogens with one attached hydrogen (secondary N) is 1. The Bertz CT molecular complexity index is 755. The summed E-state index contributed by atoms with van der Waals surface area (Å²) in [5.41, 5.74) is 3.46. The van der Waals surface area contributed by atoms with Crippen molar-refractivity contribution in [2.75, 3.05) is 44.6 Å². The van der Waals surface area contributed by atoms with Gasteiger partial charge in [-0.2, -0.15) is 0 Å². The smallest absolute Gasteiger partial charge is 0.238 e. The van der Waals surface area contributed by atoms with Crippen molar-refractivity contribution in [1.82, 2.24) is 9.80 Å². The van der Waals surface area contributed by atoms with E-state index in [1.807, 2.05) is 31.2 Å². The third kappa shape index (κ3) is 5.55. The van der Waals surface area contributed by atoms with Crippen molar-refractivity contribution in [3.63, 3.8) is 0 Å². The molecule has 1 aliphatic heterocycles. The van der Waals surface area contributed by atoms with Crippen LogP contribution in [0.4, 0.5) is 5.69 Å². The lowest BCUT2D eigenvalue weighted by molar-refractivity contribution is -0.117. The minimum absolute atomic E-state index is 0.00880. The van der Waals surface area contributed by atoms with E-state index in [2.05, 4.69) is 46.3 Å². The van der Waals surface area contributed by atoms with Gasteiger partial charge in [0.1, 0.15) is 5.75 Å². The van der Waals surface area contributed by atoms with Crippen LogP contribution in [0.2, 0.25) is 0 Å². The molecule has 1 N–H and O–H groups in total. The van der Waals surface area contributed by atoms with Gasteiger partial charge in [-0.15, -0.1) is 0 Å². The van der Waals surface area contributed by atoms with Crippen LogP contribution in [0.25, 0.3) is 0 Å². The Hall–Kier alpha value is -2.37. The number of aryl methyl sites for hydroxylation is 1. The second-order valence-electron chi connectivity index (χ2n) is 6.96. The Balaban J connectivity index is 1.46. The van der Waals surface area contributed by atoms with E-state index < -0.39 is 0 Å². The van der Waals surface area contributed by atoms with Crippen LogP contribution in [0.1, 0.15) is 18.1 Å². The topological polar surface area (TPSA) is 44.8 Å². The van der Waals surface area contributed by atoms with E-state index in [1.54, 1.807) is 0 Å². The third-order valence-corrected chi connectivity index (χ3v) is 4.95. The molecule has 0 bridgehead atoms. The number of amides is 1. The molecular weight excluding hydrogens is 338 g/mol. The molecule has 2 aromatic carbocycles. The SMILES string of the molecule is CCOc1ccccc1NC(=O)CN1CCN(Cc2ccccc2C)CC1. The molecule has 1 amide bonds. The molecule has 5 nitrogen and oxygen atoms in total. The third-order valence-electron chi connectivity index (χ3n) is 4.95. The molecule has 1 aliphatic rings. The van der Waals surface area contributed by atoms with Gasteiger partial charge in [0.05, 0.1) is 18.8 Å². The predicted octanol–water partition coefficient (Wildman–Crippen LogP) is 3.15. The molecule has 0 aliphatic carbocycles. The van der Waals surface area contributed by atoms with E-state index in [0.717, 1.165) is 44.2 Å². The number of hydrogen-bond donors (Lipinski definition) is 1. The summed E-state index contributed by atoms with van der Waals surface area (Å²) in [6.07, 6.45) is 0. The average Bonchev–Trinajstić information content (AvgIpc) is 2.67. The van der Waals surface area contributed by atoms with Crippen molar-refractivity contribution in [3.05, 3.63) is 59.7 Å². The summed E-state index contributed by atoms with van der Waals surface area (Å²) in [5, 5.41) is 2.98. The van der Waals surface area contributed by atoms with Gasteiger partial charge in [0.25, 0.3) is 0 Å². The summed E-state index contributed by atoms with van der Waals surface area (Å²) < 4.78 is 5.57. The van der Waals surface area contributed by atoms with Gasteiger partial charge >= 0.3 is 0 Å². The molecule has 1 fully saturated rings. The Kier molecular flexibility index (Phi) is 6.85. The van der Waals surface area contributed by atoms with Crippen molar-refractivity contribution in [1.29, 1.82) is 0 Å². The molecule has 3 rings (SSSR count). The highest BCUT2D eigenvalue weighted by Gasteiger charge is 2.20. The highest BCUT2D eigenvalue weighted by atomic mass is 16.5. The first-order valence-electron chi connectivity index (χ1n) is 9.66. The quantitative estimate of drug-likeness (QED) is 0.817. The molecule has 0 spiro atoms. The van der Waals surface area contributed by atoms with Crippen LogP contribution in [-0.2, 0) is 11.3 Å². The van der Waals surface area contributed by atoms with Crippen molar-refractivity contribution in [3.8, 4) is 5.75 Å². The fourth-order valence-corrected chi connectivity index (χ4v) is 3.38. The number of piperazine rings is 1. The van der Waals surface area contributed by atoms with Crippen molar-refractivity contribution in [2.24, 2.45) is 0 Å². The Morgan fingerprint density at radius 2 is 1.67 bits per heavy atom. The second-order valence-corrected chi connectivity index (χ2v) is 6.96. The molecule has 0 saturated carbocycles. The summed E-state index contributed by atoms with van der Waals surface area (Å²) in [5.74, 6) is 0.728. The highest BCUT2D eigenvalue weighted by Crippen LogP contribution is 2.23. The predicted molar refractivity (Wildman–Crippen MR) is 109 cm³/mol. The normalized spacial score (nSPS) is 15.5. The Morgan fingerprint density at radius 1 is 1.00 bits per heavy atom. The van der Waals surface area contributed by atoms with Crippen molar-refractivity contribution < 1.29 is 9.53 Å². The molecule has 27 heavy (non-hydrogen) atoms. The summed E-state index contributed by atoms with van der Waals surface area (Å²) in [6.45, 7) is 9.86. The number of nitrogens with zero attached hydrogens (tertiary/aromatic N) is 2. The van der Waals surface area contributed by atoms with Crippen LogP contribution in [0, 0.1) is 6.92 Å². The van der Waals surface area contributed by atoms with Crippen molar-refractivity contribution >= 4 is 11.6 Å². The van der Waals surface area contributed by atoms with Gasteiger partial charge in [-0.1, -0.05) is 36.4 Å². The zero-order chi connectivity index (χ0) is 19.1. The maximum absolute atomic E-state index is 12.4. The van der Waals surface area contributed by atoms with Crippen LogP contribution >= 0.6 is 0 Å². The highest BCUT2D eigenvalue weighted by molar-refractivity contribution is 5.93. The number of hydrogen-bond acceptors (Lipinski definition) is 4. The van der Waals surface area contributed by atoms with E-state index in [-0.39, 0.29) is 5.91 Å². The summed E-state index contributed by atoms with van der Waals surface area (Å²) in [6, 6.07) is 16.1. The Morgan fingerprint density at radius 3 is 2.41 bits per heavy atom. The van der Waals surface area contributed by atoms with Gasteiger partial charge in [-0.05, 0) is 37.1 Å². The molecule has 5 heteroatoms. The van der Waals surface area contributed by atoms with Crippen LogP contribution < -0.4 is 10.1 Å². The molecule has 0 atom stereocenters. The van der Waals surface area contributed by atoms with E-state index >= 15 is 0 Å². The number of rotatable bonds is 7. The zero-order valence-electron chi connectivity index (χ0n) is 16.3. The van der Waals surface area contributed by atoms with Crippen LogP contribution in [0.15, 0.2) is 48.5 Å². The van der Waals surface area contributed by atoms with E-state index in [9.17, 15) is 4.79 Å². The van der Waals surface area contributed by atoms with Gasteiger partial charge in [0, 0.05) is 32.7 Å². The molecule has 144 valence electrons. The summed E-state index contributed by atoms with van der Waals surface area (Å²) >= 11 is 0. The first-order valence-corrected chi connectivity index (χ1v) is 9.66. The summed E-state index contributed by atoms with van der Waals surface area (Å²) in [7, 11) is 0. The number of carbonyl (C=O) groups excluding carboxylic acids is 1. The molecule has 2 aromatic rings. The number of ether oxygens (including phenoxy) is 1. The molecular formula is C22H29N3O2. The standard InChI is InChI=1S/C22H29N3O2/c1-3-27-21-11-7-6-10-20(21)23-22(26)17-25-14-12-24(13-15-25)16-19-9-5-4-8-18(19)2/h4-11H,3,12-17H2,1-2H3,(H,23,26). The average molecular weight is 367 g/mol. The molecule has 1 saturated heterocycles. The number of anilines is 1. The van der Waals surface area contributed by atoms with E-state index in [0.29, 0.717) is 13.2 Å². The number of para-hydroxylation sites is 2. The molecule has 0 aromatic heterocycles. The number of carbonyl (C=O) groups is 1. The van der Waals surface area contributed by atoms with Crippen LogP contribution in [0.5, 0.6) is 5.75 Å². The van der Waals surface area contributed by atoms with Gasteiger partial charge in [0.2, 0.25) is 5.91 Å². The maximum Gasteiger partial charge on any atom is 0.238 e. The first-order chi connectivity index (χ1) is 13.2. The zero-order valence-corrected chi connectivity index (χ0v) is 16.3. The van der Waals surface area contributed by atoms with Crippen LogP contribution in [-0.4, -0.2) is 55.0 Å². The van der Waals surface area contributed by atoms with Gasteiger partial charge in [-0.25, -0.2) is 0 Å². The molecule has 0 unspecified atom stereocenters. The van der Waals surface area contributed by atoms with Crippen LogP contribution in [0.3, 0.4) is 0 Å². The maximum atomic E-state index is 12.4. The van der Waals surface area contributed by atoms with Gasteiger partial charge in [-0.3, -0.25) is 14.6 Å². The van der Waals surface area contributed by atoms with Gasteiger partial charge < -0.3 is 10.1 Å². The second kappa shape index (κ2) is 9.53.